The highest BCUT2D eigenvalue weighted by Crippen LogP contribution is 2.22. The van der Waals surface area contributed by atoms with Gasteiger partial charge in [0.1, 0.15) is 12.4 Å². The van der Waals surface area contributed by atoms with E-state index in [0.29, 0.717) is 32.1 Å². The summed E-state index contributed by atoms with van der Waals surface area (Å²) in [4.78, 5) is 12.5. The molecule has 28 heavy (non-hydrogen) atoms. The van der Waals surface area contributed by atoms with E-state index < -0.39 is 16.0 Å². The molecular formula is C20H23NO6S. The molecule has 3 rings (SSSR count). The number of sulfonamides is 1. The van der Waals surface area contributed by atoms with Crippen LogP contribution in [0.25, 0.3) is 0 Å². The van der Waals surface area contributed by atoms with Crippen LogP contribution in [0.15, 0.2) is 47.4 Å². The van der Waals surface area contributed by atoms with Gasteiger partial charge in [0, 0.05) is 18.7 Å². The largest absolute Gasteiger partial charge is 0.496 e. The average Bonchev–Trinajstić information content (AvgIpc) is 2.73. The van der Waals surface area contributed by atoms with Crippen LogP contribution < -0.4 is 4.74 Å². The molecule has 0 bridgehead atoms. The second-order valence-electron chi connectivity index (χ2n) is 6.44. The van der Waals surface area contributed by atoms with E-state index in [4.69, 9.17) is 14.2 Å². The van der Waals surface area contributed by atoms with Gasteiger partial charge in [-0.05, 0) is 37.3 Å². The number of carbonyl (C=O) groups is 1. The quantitative estimate of drug-likeness (QED) is 0.687. The molecule has 1 fully saturated rings. The second-order valence-corrected chi connectivity index (χ2v) is 8.37. The van der Waals surface area contributed by atoms with Crippen LogP contribution in [0.2, 0.25) is 0 Å². The third-order valence-electron chi connectivity index (χ3n) is 4.47. The van der Waals surface area contributed by atoms with Gasteiger partial charge in [0.25, 0.3) is 0 Å². The van der Waals surface area contributed by atoms with E-state index in [9.17, 15) is 13.2 Å². The Labute approximate surface area is 164 Å². The number of ether oxygens (including phenoxy) is 3. The number of esters is 1. The van der Waals surface area contributed by atoms with Crippen molar-refractivity contribution in [1.82, 2.24) is 4.31 Å². The molecule has 2 aromatic rings. The lowest BCUT2D eigenvalue weighted by Crippen LogP contribution is -2.40. The molecule has 150 valence electrons. The van der Waals surface area contributed by atoms with Crippen molar-refractivity contribution in [2.75, 3.05) is 33.4 Å². The highest BCUT2D eigenvalue weighted by atomic mass is 32.2. The van der Waals surface area contributed by atoms with Crippen molar-refractivity contribution in [3.63, 3.8) is 0 Å². The lowest BCUT2D eigenvalue weighted by atomic mass is 10.1. The highest BCUT2D eigenvalue weighted by Gasteiger charge is 2.27. The monoisotopic (exact) mass is 405 g/mol. The molecule has 8 heteroatoms. The first-order valence-corrected chi connectivity index (χ1v) is 10.3. The summed E-state index contributed by atoms with van der Waals surface area (Å²) in [6.07, 6.45) is 0. The SMILES string of the molecule is COc1ccc(C)cc1COC(=O)c1cccc(S(=O)(=O)N2CCOCC2)c1. The van der Waals surface area contributed by atoms with Crippen LogP contribution in [-0.2, 0) is 26.1 Å². The van der Waals surface area contributed by atoms with Gasteiger partial charge in [-0.15, -0.1) is 0 Å². The van der Waals surface area contributed by atoms with Crippen LogP contribution in [0, 0.1) is 6.92 Å². The summed E-state index contributed by atoms with van der Waals surface area (Å²) in [6.45, 7) is 3.28. The number of hydrogen-bond donors (Lipinski definition) is 0. The number of hydrogen-bond acceptors (Lipinski definition) is 6. The summed E-state index contributed by atoms with van der Waals surface area (Å²) >= 11 is 0. The molecule has 0 atom stereocenters. The Morgan fingerprint density at radius 1 is 1.14 bits per heavy atom. The molecule has 0 amide bonds. The van der Waals surface area contributed by atoms with Crippen molar-refractivity contribution in [3.05, 3.63) is 59.2 Å². The lowest BCUT2D eigenvalue weighted by Gasteiger charge is -2.26. The van der Waals surface area contributed by atoms with E-state index in [0.717, 1.165) is 11.1 Å². The minimum Gasteiger partial charge on any atom is -0.496 e. The Hall–Kier alpha value is -2.42. The number of aryl methyl sites for hydroxylation is 1. The van der Waals surface area contributed by atoms with Gasteiger partial charge in [0.2, 0.25) is 10.0 Å². The highest BCUT2D eigenvalue weighted by molar-refractivity contribution is 7.89. The summed E-state index contributed by atoms with van der Waals surface area (Å²) in [6, 6.07) is 11.5. The standard InChI is InChI=1S/C20H23NO6S/c1-15-6-7-19(25-2)17(12-15)14-27-20(22)16-4-3-5-18(13-16)28(23,24)21-8-10-26-11-9-21/h3-7,12-13H,8-11,14H2,1-2H3. The van der Waals surface area contributed by atoms with Crippen molar-refractivity contribution in [3.8, 4) is 5.75 Å². The van der Waals surface area contributed by atoms with Crippen molar-refractivity contribution in [1.29, 1.82) is 0 Å². The Kier molecular flexibility index (Phi) is 6.33. The fourth-order valence-corrected chi connectivity index (χ4v) is 4.42. The molecule has 0 radical (unpaired) electrons. The number of benzene rings is 2. The number of nitrogens with zero attached hydrogens (tertiary/aromatic N) is 1. The predicted molar refractivity (Wildman–Crippen MR) is 103 cm³/mol. The maximum absolute atomic E-state index is 12.8. The van der Waals surface area contributed by atoms with E-state index >= 15 is 0 Å². The van der Waals surface area contributed by atoms with Gasteiger partial charge in [-0.3, -0.25) is 0 Å². The van der Waals surface area contributed by atoms with Crippen LogP contribution in [0.1, 0.15) is 21.5 Å². The first-order valence-electron chi connectivity index (χ1n) is 8.90. The molecule has 1 aliphatic heterocycles. The Morgan fingerprint density at radius 3 is 2.61 bits per heavy atom. The van der Waals surface area contributed by atoms with Gasteiger partial charge in [0.15, 0.2) is 0 Å². The molecular weight excluding hydrogens is 382 g/mol. The van der Waals surface area contributed by atoms with E-state index in [1.165, 1.54) is 28.6 Å². The van der Waals surface area contributed by atoms with Gasteiger partial charge in [-0.2, -0.15) is 4.31 Å². The number of carbonyl (C=O) groups excluding carboxylic acids is 1. The van der Waals surface area contributed by atoms with Gasteiger partial charge in [-0.25, -0.2) is 13.2 Å². The zero-order valence-corrected chi connectivity index (χ0v) is 16.7. The van der Waals surface area contributed by atoms with Gasteiger partial charge < -0.3 is 14.2 Å². The molecule has 1 aliphatic rings. The first kappa shape index (κ1) is 20.3. The zero-order valence-electron chi connectivity index (χ0n) is 15.9. The van der Waals surface area contributed by atoms with Gasteiger partial charge >= 0.3 is 5.97 Å². The van der Waals surface area contributed by atoms with Gasteiger partial charge in [-0.1, -0.05) is 17.7 Å². The third-order valence-corrected chi connectivity index (χ3v) is 6.37. The molecule has 1 heterocycles. The van der Waals surface area contributed by atoms with Crippen LogP contribution in [-0.4, -0.2) is 52.1 Å². The lowest BCUT2D eigenvalue weighted by molar-refractivity contribution is 0.0469. The summed E-state index contributed by atoms with van der Waals surface area (Å²) in [7, 11) is -2.12. The Balaban J connectivity index is 1.75. The molecule has 0 saturated carbocycles. The topological polar surface area (TPSA) is 82.1 Å². The number of morpholine rings is 1. The maximum Gasteiger partial charge on any atom is 0.338 e. The fourth-order valence-electron chi connectivity index (χ4n) is 2.97. The number of methoxy groups -OCH3 is 1. The summed E-state index contributed by atoms with van der Waals surface area (Å²) in [5.74, 6) is 0.0321. The van der Waals surface area contributed by atoms with Crippen molar-refractivity contribution < 1.29 is 27.4 Å². The molecule has 0 N–H and O–H groups in total. The average molecular weight is 405 g/mol. The van der Waals surface area contributed by atoms with Gasteiger partial charge in [0.05, 0.1) is 30.8 Å². The van der Waals surface area contributed by atoms with Crippen LogP contribution >= 0.6 is 0 Å². The molecule has 0 aromatic heterocycles. The third kappa shape index (κ3) is 4.52. The van der Waals surface area contributed by atoms with E-state index in [1.54, 1.807) is 7.11 Å². The van der Waals surface area contributed by atoms with E-state index in [1.807, 2.05) is 25.1 Å². The molecule has 0 unspecified atom stereocenters. The minimum absolute atomic E-state index is 0.0319. The van der Waals surface area contributed by atoms with E-state index in [2.05, 4.69) is 0 Å². The summed E-state index contributed by atoms with van der Waals surface area (Å²) in [5, 5.41) is 0. The molecule has 0 aliphatic carbocycles. The second kappa shape index (κ2) is 8.72. The Morgan fingerprint density at radius 2 is 1.89 bits per heavy atom. The fraction of sp³-hybridized carbons (Fsp3) is 0.350. The first-order chi connectivity index (χ1) is 13.4. The molecule has 2 aromatic carbocycles. The summed E-state index contributed by atoms with van der Waals surface area (Å²) < 4.78 is 42.8. The zero-order chi connectivity index (χ0) is 20.1. The minimum atomic E-state index is -3.68. The molecule has 0 spiro atoms. The van der Waals surface area contributed by atoms with Crippen molar-refractivity contribution in [2.45, 2.75) is 18.4 Å². The molecule has 1 saturated heterocycles. The number of rotatable bonds is 6. The summed E-state index contributed by atoms with van der Waals surface area (Å²) in [5.41, 5.74) is 1.94. The predicted octanol–water partition coefficient (Wildman–Crippen LogP) is 2.38. The van der Waals surface area contributed by atoms with Crippen LogP contribution in [0.3, 0.4) is 0 Å². The van der Waals surface area contributed by atoms with Crippen LogP contribution in [0.5, 0.6) is 5.75 Å². The van der Waals surface area contributed by atoms with Crippen molar-refractivity contribution >= 4 is 16.0 Å². The van der Waals surface area contributed by atoms with Crippen LogP contribution in [0.4, 0.5) is 0 Å². The normalized spacial score (nSPS) is 15.2. The van der Waals surface area contributed by atoms with Crippen molar-refractivity contribution in [2.24, 2.45) is 0 Å². The molecule has 7 nitrogen and oxygen atoms in total. The Bertz CT molecular complexity index is 951. The smallest absolute Gasteiger partial charge is 0.338 e. The van der Waals surface area contributed by atoms with E-state index in [-0.39, 0.29) is 17.1 Å². The maximum atomic E-state index is 12.8.